The van der Waals surface area contributed by atoms with Gasteiger partial charge in [-0.3, -0.25) is 10.1 Å². The van der Waals surface area contributed by atoms with Crippen LogP contribution < -0.4 is 11.1 Å². The van der Waals surface area contributed by atoms with Crippen molar-refractivity contribution in [2.24, 2.45) is 5.73 Å². The molecule has 3 N–H and O–H groups in total. The second-order valence-electron chi connectivity index (χ2n) is 5.56. The molecule has 1 saturated heterocycles. The first kappa shape index (κ1) is 21.1. The maximum Gasteiger partial charge on any atom is 0.340 e. The molecule has 27 heavy (non-hydrogen) atoms. The highest BCUT2D eigenvalue weighted by Crippen LogP contribution is 2.24. The Morgan fingerprint density at radius 2 is 1.93 bits per heavy atom. The van der Waals surface area contributed by atoms with E-state index in [1.807, 2.05) is 0 Å². The van der Waals surface area contributed by atoms with E-state index >= 15 is 0 Å². The number of sulfonamides is 1. The van der Waals surface area contributed by atoms with Gasteiger partial charge in [0.05, 0.1) is 28.7 Å². The molecule has 2 rings (SSSR count). The first-order chi connectivity index (χ1) is 12.6. The van der Waals surface area contributed by atoms with Gasteiger partial charge in [0.15, 0.2) is 6.10 Å². The van der Waals surface area contributed by atoms with Crippen molar-refractivity contribution in [2.75, 3.05) is 26.3 Å². The number of nitrogens with one attached hydrogen (secondary N) is 1. The summed E-state index contributed by atoms with van der Waals surface area (Å²) in [6.45, 7) is 2.14. The van der Waals surface area contributed by atoms with Crippen molar-refractivity contribution in [3.63, 3.8) is 0 Å². The molecule has 148 valence electrons. The van der Waals surface area contributed by atoms with E-state index in [9.17, 15) is 22.8 Å². The van der Waals surface area contributed by atoms with Crippen molar-refractivity contribution in [3.05, 3.63) is 28.8 Å². The van der Waals surface area contributed by atoms with E-state index in [4.69, 9.17) is 26.8 Å². The number of halogens is 1. The number of esters is 1. The molecule has 1 fully saturated rings. The van der Waals surface area contributed by atoms with Crippen molar-refractivity contribution in [3.8, 4) is 0 Å². The minimum atomic E-state index is -3.85. The van der Waals surface area contributed by atoms with E-state index in [1.54, 1.807) is 5.32 Å². The molecule has 1 heterocycles. The fourth-order valence-electron chi connectivity index (χ4n) is 2.26. The van der Waals surface area contributed by atoms with E-state index in [-0.39, 0.29) is 41.8 Å². The van der Waals surface area contributed by atoms with Crippen LogP contribution in [0.2, 0.25) is 5.02 Å². The summed E-state index contributed by atoms with van der Waals surface area (Å²) in [5.41, 5.74) is 4.59. The van der Waals surface area contributed by atoms with Crippen molar-refractivity contribution in [1.82, 2.24) is 9.62 Å². The fraction of sp³-hybridized carbons (Fsp3) is 0.400. The largest absolute Gasteiger partial charge is 0.449 e. The molecule has 1 aromatic carbocycles. The Morgan fingerprint density at radius 1 is 1.30 bits per heavy atom. The van der Waals surface area contributed by atoms with Crippen molar-refractivity contribution >= 4 is 39.5 Å². The Bertz CT molecular complexity index is 853. The van der Waals surface area contributed by atoms with Crippen LogP contribution in [0.5, 0.6) is 0 Å². The third-order valence-electron chi connectivity index (χ3n) is 3.67. The normalized spacial score (nSPS) is 16.4. The molecule has 1 atom stereocenters. The van der Waals surface area contributed by atoms with Crippen molar-refractivity contribution in [2.45, 2.75) is 17.9 Å². The van der Waals surface area contributed by atoms with Gasteiger partial charge in [-0.05, 0) is 25.1 Å². The summed E-state index contributed by atoms with van der Waals surface area (Å²) in [5, 5.41) is 1.72. The van der Waals surface area contributed by atoms with Crippen LogP contribution >= 0.6 is 11.6 Å². The number of hydrogen-bond acceptors (Lipinski definition) is 7. The monoisotopic (exact) mass is 419 g/mol. The fourth-order valence-corrected chi connectivity index (χ4v) is 3.89. The van der Waals surface area contributed by atoms with Crippen LogP contribution in [-0.2, 0) is 24.3 Å². The van der Waals surface area contributed by atoms with E-state index < -0.39 is 34.0 Å². The molecule has 1 aliphatic heterocycles. The highest BCUT2D eigenvalue weighted by Gasteiger charge is 2.28. The average molecular weight is 420 g/mol. The molecule has 0 bridgehead atoms. The van der Waals surface area contributed by atoms with Gasteiger partial charge < -0.3 is 15.2 Å². The lowest BCUT2D eigenvalue weighted by Gasteiger charge is -2.26. The molecule has 1 unspecified atom stereocenters. The van der Waals surface area contributed by atoms with Gasteiger partial charge in [-0.1, -0.05) is 11.6 Å². The third-order valence-corrected chi connectivity index (χ3v) is 5.89. The highest BCUT2D eigenvalue weighted by atomic mass is 35.5. The lowest BCUT2D eigenvalue weighted by atomic mass is 10.2. The second kappa shape index (κ2) is 8.65. The summed E-state index contributed by atoms with van der Waals surface area (Å²) in [7, 11) is -3.85. The van der Waals surface area contributed by atoms with Crippen LogP contribution in [0.1, 0.15) is 17.3 Å². The zero-order valence-corrected chi connectivity index (χ0v) is 15.9. The quantitative estimate of drug-likeness (QED) is 0.643. The Balaban J connectivity index is 2.22. The van der Waals surface area contributed by atoms with Gasteiger partial charge in [-0.2, -0.15) is 4.31 Å². The van der Waals surface area contributed by atoms with Crippen LogP contribution in [0.4, 0.5) is 4.79 Å². The van der Waals surface area contributed by atoms with Crippen LogP contribution in [0.3, 0.4) is 0 Å². The number of hydrogen-bond donors (Lipinski definition) is 2. The Hall–Kier alpha value is -2.21. The maximum absolute atomic E-state index is 12.7. The number of amides is 3. The Kier molecular flexibility index (Phi) is 6.76. The molecule has 0 aliphatic carbocycles. The number of morpholine rings is 1. The van der Waals surface area contributed by atoms with E-state index in [2.05, 4.69) is 0 Å². The molecule has 0 aromatic heterocycles. The number of nitrogens with two attached hydrogens (primary N) is 1. The molecule has 0 radical (unpaired) electrons. The number of primary amides is 1. The lowest BCUT2D eigenvalue weighted by Crippen LogP contribution is -2.42. The Labute approximate surface area is 160 Å². The smallest absolute Gasteiger partial charge is 0.340 e. The average Bonchev–Trinajstić information content (AvgIpc) is 2.61. The van der Waals surface area contributed by atoms with Gasteiger partial charge in [-0.15, -0.1) is 0 Å². The molecule has 0 saturated carbocycles. The molecule has 1 aromatic rings. The van der Waals surface area contributed by atoms with Gasteiger partial charge in [-0.25, -0.2) is 18.0 Å². The lowest BCUT2D eigenvalue weighted by molar-refractivity contribution is -0.127. The minimum Gasteiger partial charge on any atom is -0.449 e. The molecular formula is C15H18ClN3O7S. The Morgan fingerprint density at radius 3 is 2.52 bits per heavy atom. The number of benzene rings is 1. The van der Waals surface area contributed by atoms with E-state index in [0.29, 0.717) is 0 Å². The topological polar surface area (TPSA) is 145 Å². The van der Waals surface area contributed by atoms with Gasteiger partial charge in [0.25, 0.3) is 5.91 Å². The molecular weight excluding hydrogens is 402 g/mol. The molecule has 1 aliphatic rings. The summed E-state index contributed by atoms with van der Waals surface area (Å²) < 4.78 is 36.7. The molecule has 10 nitrogen and oxygen atoms in total. The number of urea groups is 1. The van der Waals surface area contributed by atoms with Crippen LogP contribution in [0.15, 0.2) is 23.1 Å². The number of carbonyl (C=O) groups excluding carboxylic acids is 3. The summed E-state index contributed by atoms with van der Waals surface area (Å²) in [6, 6.07) is 2.50. The van der Waals surface area contributed by atoms with Crippen LogP contribution in [0.25, 0.3) is 0 Å². The third kappa shape index (κ3) is 5.16. The number of imide groups is 1. The maximum atomic E-state index is 12.7. The van der Waals surface area contributed by atoms with Crippen molar-refractivity contribution in [1.29, 1.82) is 0 Å². The van der Waals surface area contributed by atoms with Gasteiger partial charge in [0.2, 0.25) is 10.0 Å². The number of rotatable bonds is 5. The predicted octanol–water partition coefficient (Wildman–Crippen LogP) is 0.101. The van der Waals surface area contributed by atoms with E-state index in [1.165, 1.54) is 23.4 Å². The van der Waals surface area contributed by atoms with Gasteiger partial charge >= 0.3 is 12.0 Å². The molecule has 0 spiro atoms. The van der Waals surface area contributed by atoms with Gasteiger partial charge in [0.1, 0.15) is 0 Å². The highest BCUT2D eigenvalue weighted by molar-refractivity contribution is 7.89. The summed E-state index contributed by atoms with van der Waals surface area (Å²) in [4.78, 5) is 34.4. The predicted molar refractivity (Wildman–Crippen MR) is 93.6 cm³/mol. The SMILES string of the molecule is CC(OC(=O)c1cc(S(=O)(=O)N2CCOCC2)ccc1Cl)C(=O)NC(N)=O. The first-order valence-electron chi connectivity index (χ1n) is 7.81. The molecule has 12 heteroatoms. The minimum absolute atomic E-state index is 0.0524. The van der Waals surface area contributed by atoms with Crippen LogP contribution in [0, 0.1) is 0 Å². The van der Waals surface area contributed by atoms with Crippen molar-refractivity contribution < 1.29 is 32.3 Å². The van der Waals surface area contributed by atoms with Crippen LogP contribution in [-0.4, -0.2) is 63.0 Å². The number of ether oxygens (including phenoxy) is 2. The van der Waals surface area contributed by atoms with Gasteiger partial charge in [0, 0.05) is 13.1 Å². The zero-order chi connectivity index (χ0) is 20.2. The zero-order valence-electron chi connectivity index (χ0n) is 14.3. The molecule has 3 amide bonds. The standard InChI is InChI=1S/C15H18ClN3O7S/c1-9(13(20)18-15(17)22)26-14(21)11-8-10(2-3-12(11)16)27(23,24)19-4-6-25-7-5-19/h2-3,8-9H,4-7H2,1H3,(H3,17,18,20,22). The number of carbonyl (C=O) groups is 3. The second-order valence-corrected chi connectivity index (χ2v) is 7.90. The number of nitrogens with zero attached hydrogens (tertiary/aromatic N) is 1. The summed E-state index contributed by atoms with van der Waals surface area (Å²) in [5.74, 6) is -1.95. The first-order valence-corrected chi connectivity index (χ1v) is 9.63. The summed E-state index contributed by atoms with van der Waals surface area (Å²) >= 11 is 5.97. The van der Waals surface area contributed by atoms with E-state index in [0.717, 1.165) is 6.07 Å². The summed E-state index contributed by atoms with van der Waals surface area (Å²) in [6.07, 6.45) is -1.35.